The first-order valence-corrected chi connectivity index (χ1v) is 12.9. The van der Waals surface area contributed by atoms with E-state index in [-0.39, 0.29) is 5.41 Å². The highest BCUT2D eigenvalue weighted by Gasteiger charge is 2.36. The van der Waals surface area contributed by atoms with Gasteiger partial charge in [0.05, 0.1) is 21.3 Å². The van der Waals surface area contributed by atoms with Crippen LogP contribution in [-0.4, -0.2) is 9.55 Å². The second-order valence-corrected chi connectivity index (χ2v) is 11.1. The van der Waals surface area contributed by atoms with E-state index >= 15 is 0 Å². The van der Waals surface area contributed by atoms with Crippen molar-refractivity contribution < 1.29 is 0 Å². The summed E-state index contributed by atoms with van der Waals surface area (Å²) in [4.78, 5) is 5.04. The number of hydrogen-bond acceptors (Lipinski definition) is 2. The van der Waals surface area contributed by atoms with E-state index in [0.29, 0.717) is 0 Å². The van der Waals surface area contributed by atoms with Crippen molar-refractivity contribution in [2.45, 2.75) is 19.3 Å². The zero-order chi connectivity index (χ0) is 23.3. The summed E-state index contributed by atoms with van der Waals surface area (Å²) >= 11 is 1.76. The van der Waals surface area contributed by atoms with Crippen molar-refractivity contribution >= 4 is 54.1 Å². The van der Waals surface area contributed by atoms with Crippen LogP contribution in [0.4, 0.5) is 0 Å². The van der Waals surface area contributed by atoms with E-state index in [1.807, 2.05) is 0 Å². The summed E-state index contributed by atoms with van der Waals surface area (Å²) in [6.45, 7) is 4.73. The fourth-order valence-electron chi connectivity index (χ4n) is 6.04. The van der Waals surface area contributed by atoms with Crippen LogP contribution in [0.5, 0.6) is 0 Å². The predicted octanol–water partition coefficient (Wildman–Crippen LogP) is 8.85. The van der Waals surface area contributed by atoms with E-state index in [0.717, 1.165) is 10.6 Å². The minimum atomic E-state index is -0.0536. The Morgan fingerprint density at radius 3 is 2.20 bits per heavy atom. The SMILES string of the molecule is CC1(C)c2cc3ccccc3cc2-c2cc3c(cc21)c1ccccc1n3-c1nc2ccccc2s1. The van der Waals surface area contributed by atoms with Crippen molar-refractivity contribution in [1.29, 1.82) is 0 Å². The fraction of sp³-hybridized carbons (Fsp3) is 0.0938. The molecule has 1 aliphatic carbocycles. The first-order valence-electron chi connectivity index (χ1n) is 12.1. The van der Waals surface area contributed by atoms with Gasteiger partial charge >= 0.3 is 0 Å². The van der Waals surface area contributed by atoms with E-state index in [9.17, 15) is 0 Å². The number of fused-ring (bicyclic) bond motifs is 8. The van der Waals surface area contributed by atoms with Crippen LogP contribution in [0.15, 0.2) is 97.1 Å². The highest BCUT2D eigenvalue weighted by atomic mass is 32.1. The standard InChI is InChI=1S/C32H22N2S/c1-32(2)25-16-20-10-4-3-9-19(20)15-22(25)23-18-29-24(17-26(23)32)21-11-5-7-13-28(21)34(29)31-33-27-12-6-8-14-30(27)35-31/h3-18H,1-2H3. The summed E-state index contributed by atoms with van der Waals surface area (Å²) in [6, 6.07) is 35.5. The van der Waals surface area contributed by atoms with Gasteiger partial charge in [-0.15, -0.1) is 0 Å². The Kier molecular flexibility index (Phi) is 3.64. The highest BCUT2D eigenvalue weighted by molar-refractivity contribution is 7.20. The predicted molar refractivity (Wildman–Crippen MR) is 149 cm³/mol. The molecule has 0 aliphatic heterocycles. The molecule has 0 N–H and O–H groups in total. The van der Waals surface area contributed by atoms with E-state index in [1.54, 1.807) is 11.3 Å². The highest BCUT2D eigenvalue weighted by Crippen LogP contribution is 2.52. The third-order valence-corrected chi connectivity index (χ3v) is 8.83. The molecule has 2 heterocycles. The number of nitrogens with zero attached hydrogens (tertiary/aromatic N) is 2. The van der Waals surface area contributed by atoms with Crippen LogP contribution in [0.2, 0.25) is 0 Å². The second-order valence-electron chi connectivity index (χ2n) is 10.1. The molecule has 0 saturated carbocycles. The van der Waals surface area contributed by atoms with E-state index in [1.165, 1.54) is 59.5 Å². The fourth-order valence-corrected chi connectivity index (χ4v) is 7.04. The Morgan fingerprint density at radius 2 is 1.34 bits per heavy atom. The van der Waals surface area contributed by atoms with Gasteiger partial charge in [-0.1, -0.05) is 79.8 Å². The average molecular weight is 467 g/mol. The van der Waals surface area contributed by atoms with E-state index in [2.05, 4.69) is 115 Å². The van der Waals surface area contributed by atoms with Gasteiger partial charge in [0.25, 0.3) is 0 Å². The van der Waals surface area contributed by atoms with Crippen LogP contribution < -0.4 is 0 Å². The topological polar surface area (TPSA) is 17.8 Å². The largest absolute Gasteiger partial charge is 0.285 e. The molecule has 166 valence electrons. The molecule has 2 nitrogen and oxygen atoms in total. The van der Waals surface area contributed by atoms with Crippen LogP contribution in [-0.2, 0) is 5.41 Å². The maximum absolute atomic E-state index is 5.04. The lowest BCUT2D eigenvalue weighted by Crippen LogP contribution is -2.14. The van der Waals surface area contributed by atoms with E-state index in [4.69, 9.17) is 4.98 Å². The van der Waals surface area contributed by atoms with Gasteiger partial charge in [-0.25, -0.2) is 4.98 Å². The molecule has 0 atom stereocenters. The Balaban J connectivity index is 1.50. The molecule has 35 heavy (non-hydrogen) atoms. The van der Waals surface area contributed by atoms with Gasteiger partial charge in [0.15, 0.2) is 5.13 Å². The van der Waals surface area contributed by atoms with Gasteiger partial charge < -0.3 is 0 Å². The monoisotopic (exact) mass is 466 g/mol. The number of thiazole rings is 1. The molecule has 2 aromatic heterocycles. The lowest BCUT2D eigenvalue weighted by Gasteiger charge is -2.22. The van der Waals surface area contributed by atoms with Crippen molar-refractivity contribution in [3.05, 3.63) is 108 Å². The van der Waals surface area contributed by atoms with Gasteiger partial charge in [0.2, 0.25) is 0 Å². The molecule has 0 amide bonds. The first kappa shape index (κ1) is 19.4. The molecule has 5 aromatic carbocycles. The summed E-state index contributed by atoms with van der Waals surface area (Å²) < 4.78 is 3.58. The molecule has 7 aromatic rings. The summed E-state index contributed by atoms with van der Waals surface area (Å²) in [7, 11) is 0. The van der Waals surface area contributed by atoms with Gasteiger partial charge in [0, 0.05) is 16.2 Å². The Labute approximate surface area is 207 Å². The van der Waals surface area contributed by atoms with Gasteiger partial charge in [-0.05, 0) is 75.5 Å². The molecular weight excluding hydrogens is 444 g/mol. The maximum Gasteiger partial charge on any atom is 0.195 e. The number of aromatic nitrogens is 2. The van der Waals surface area contributed by atoms with Gasteiger partial charge in [-0.2, -0.15) is 0 Å². The summed E-state index contributed by atoms with van der Waals surface area (Å²) in [5, 5.41) is 6.20. The minimum Gasteiger partial charge on any atom is -0.285 e. The molecule has 0 saturated heterocycles. The van der Waals surface area contributed by atoms with Gasteiger partial charge in [-0.3, -0.25) is 4.57 Å². The van der Waals surface area contributed by atoms with Crippen molar-refractivity contribution in [1.82, 2.24) is 9.55 Å². The Hall–Kier alpha value is -3.95. The number of para-hydroxylation sites is 2. The lowest BCUT2D eigenvalue weighted by atomic mass is 9.81. The van der Waals surface area contributed by atoms with Crippen LogP contribution in [0.1, 0.15) is 25.0 Å². The summed E-state index contributed by atoms with van der Waals surface area (Å²) in [5.41, 5.74) is 8.94. The Bertz CT molecular complexity index is 1950. The summed E-state index contributed by atoms with van der Waals surface area (Å²) in [5.74, 6) is 0. The summed E-state index contributed by atoms with van der Waals surface area (Å²) in [6.07, 6.45) is 0. The van der Waals surface area contributed by atoms with Crippen molar-refractivity contribution in [3.8, 4) is 16.3 Å². The number of hydrogen-bond donors (Lipinski definition) is 0. The van der Waals surface area contributed by atoms with Crippen molar-refractivity contribution in [3.63, 3.8) is 0 Å². The van der Waals surface area contributed by atoms with Crippen LogP contribution in [0.25, 0.3) is 59.1 Å². The molecule has 8 rings (SSSR count). The zero-order valence-electron chi connectivity index (χ0n) is 19.5. The first-order chi connectivity index (χ1) is 17.1. The molecule has 0 fully saturated rings. The quantitative estimate of drug-likeness (QED) is 0.236. The number of rotatable bonds is 1. The van der Waals surface area contributed by atoms with E-state index < -0.39 is 0 Å². The van der Waals surface area contributed by atoms with Crippen LogP contribution in [0.3, 0.4) is 0 Å². The molecule has 0 bridgehead atoms. The average Bonchev–Trinajstić information content (AvgIpc) is 3.51. The third-order valence-electron chi connectivity index (χ3n) is 7.81. The van der Waals surface area contributed by atoms with Crippen molar-refractivity contribution in [2.75, 3.05) is 0 Å². The zero-order valence-corrected chi connectivity index (χ0v) is 20.4. The minimum absolute atomic E-state index is 0.0536. The smallest absolute Gasteiger partial charge is 0.195 e. The molecule has 0 radical (unpaired) electrons. The normalized spacial score (nSPS) is 14.2. The molecule has 0 unspecified atom stereocenters. The maximum atomic E-state index is 5.04. The molecular formula is C32H22N2S. The lowest BCUT2D eigenvalue weighted by molar-refractivity contribution is 0.662. The van der Waals surface area contributed by atoms with Gasteiger partial charge in [0.1, 0.15) is 0 Å². The number of benzene rings is 5. The third kappa shape index (κ3) is 2.51. The van der Waals surface area contributed by atoms with Crippen LogP contribution >= 0.6 is 11.3 Å². The molecule has 1 aliphatic rings. The molecule has 0 spiro atoms. The Morgan fingerprint density at radius 1 is 0.657 bits per heavy atom. The second kappa shape index (κ2) is 6.59. The molecule has 3 heteroatoms. The van der Waals surface area contributed by atoms with Crippen molar-refractivity contribution in [2.24, 2.45) is 0 Å². The van der Waals surface area contributed by atoms with Crippen LogP contribution in [0, 0.1) is 0 Å².